The lowest BCUT2D eigenvalue weighted by Gasteiger charge is -2.31. The van der Waals surface area contributed by atoms with Gasteiger partial charge in [0, 0.05) is 53.9 Å². The molecule has 10 heteroatoms. The fourth-order valence-corrected chi connectivity index (χ4v) is 5.39. The lowest BCUT2D eigenvalue weighted by atomic mass is 10.0. The number of carbonyl (C=O) groups is 2. The molecule has 2 amide bonds. The summed E-state index contributed by atoms with van der Waals surface area (Å²) in [7, 11) is 0. The number of hydrogen-bond donors (Lipinski definition) is 3. The average molecular weight is 553 g/mol. The lowest BCUT2D eigenvalue weighted by molar-refractivity contribution is -0.117. The molecule has 41 heavy (non-hydrogen) atoms. The van der Waals surface area contributed by atoms with E-state index in [1.165, 1.54) is 4.90 Å². The van der Waals surface area contributed by atoms with E-state index in [1.54, 1.807) is 18.5 Å². The molecule has 1 aliphatic carbocycles. The highest BCUT2D eigenvalue weighted by atomic mass is 16.5. The Bertz CT molecular complexity index is 1630. The molecule has 3 heterocycles. The van der Waals surface area contributed by atoms with Gasteiger partial charge in [0.15, 0.2) is 0 Å². The molecular weight excluding hydrogens is 520 g/mol. The molecule has 1 unspecified atom stereocenters. The quantitative estimate of drug-likeness (QED) is 0.257. The number of nitrogens with zero attached hydrogens (tertiary/aromatic N) is 4. The Morgan fingerprint density at radius 2 is 1.90 bits per heavy atom. The van der Waals surface area contributed by atoms with Crippen LogP contribution in [-0.2, 0) is 4.79 Å². The minimum absolute atomic E-state index is 0.0529. The number of rotatable bonds is 7. The zero-order chi connectivity index (χ0) is 28.5. The maximum absolute atomic E-state index is 12.7. The molecule has 210 valence electrons. The number of carbonyl (C=O) groups excluding carboxylic acids is 1. The summed E-state index contributed by atoms with van der Waals surface area (Å²) < 4.78 is 6.50. The molecular formula is C31H32N6O4. The number of anilines is 2. The van der Waals surface area contributed by atoms with Crippen LogP contribution < -0.4 is 15.4 Å². The van der Waals surface area contributed by atoms with E-state index in [4.69, 9.17) is 9.72 Å². The summed E-state index contributed by atoms with van der Waals surface area (Å²) in [5, 5.41) is 17.5. The SMILES string of the molecule is Cc1ccc2c(NC(=O)[C@@H]3C[C@H]3C)cccc2c1Oc1ncccc1-c1ccnc(NC2CCCN(C(=O)O)C2)n1. The molecule has 2 aliphatic rings. The molecule has 2 fully saturated rings. The van der Waals surface area contributed by atoms with Gasteiger partial charge in [-0.3, -0.25) is 4.79 Å². The number of aryl methyl sites for hydroxylation is 1. The number of nitrogens with one attached hydrogen (secondary N) is 2. The van der Waals surface area contributed by atoms with Crippen LogP contribution in [0.3, 0.4) is 0 Å². The number of likely N-dealkylation sites (tertiary alicyclic amines) is 1. The van der Waals surface area contributed by atoms with Crippen LogP contribution in [0.4, 0.5) is 16.4 Å². The number of ether oxygens (including phenoxy) is 1. The standard InChI is InChI=1S/C31H32N6O4/c1-18-10-11-21-22(7-3-9-25(21)35-28(38)24-16-19(24)2)27(18)41-29-23(8-4-13-32-29)26-12-14-33-30(36-26)34-20-6-5-15-37(17-20)31(39)40/h3-4,7-14,19-20,24H,5-6,15-17H2,1-2H3,(H,35,38)(H,39,40)(H,33,34,36)/t19-,20?,24-/m1/s1. The summed E-state index contributed by atoms with van der Waals surface area (Å²) in [4.78, 5) is 39.1. The monoisotopic (exact) mass is 552 g/mol. The molecule has 0 spiro atoms. The maximum Gasteiger partial charge on any atom is 0.407 e. The normalized spacial score (nSPS) is 20.0. The Hall–Kier alpha value is -4.73. The molecule has 2 aromatic heterocycles. The Labute approximate surface area is 237 Å². The van der Waals surface area contributed by atoms with Crippen molar-refractivity contribution in [2.75, 3.05) is 23.7 Å². The molecule has 4 aromatic rings. The van der Waals surface area contributed by atoms with E-state index >= 15 is 0 Å². The van der Waals surface area contributed by atoms with Crippen LogP contribution in [0.5, 0.6) is 11.6 Å². The number of hydrogen-bond acceptors (Lipinski definition) is 7. The second-order valence-corrected chi connectivity index (χ2v) is 10.9. The first kappa shape index (κ1) is 26.5. The number of carboxylic acid groups (broad SMARTS) is 1. The highest BCUT2D eigenvalue weighted by Crippen LogP contribution is 2.41. The van der Waals surface area contributed by atoms with Gasteiger partial charge in [-0.05, 0) is 61.9 Å². The van der Waals surface area contributed by atoms with Crippen molar-refractivity contribution in [1.29, 1.82) is 0 Å². The van der Waals surface area contributed by atoms with Crippen LogP contribution in [0.15, 0.2) is 60.9 Å². The molecule has 1 saturated heterocycles. The molecule has 0 radical (unpaired) electrons. The molecule has 1 saturated carbocycles. The summed E-state index contributed by atoms with van der Waals surface area (Å²) in [5.41, 5.74) is 3.00. The predicted molar refractivity (Wildman–Crippen MR) is 156 cm³/mol. The molecule has 3 N–H and O–H groups in total. The Kier molecular flexibility index (Phi) is 7.13. The molecule has 10 nitrogen and oxygen atoms in total. The van der Waals surface area contributed by atoms with Crippen LogP contribution in [-0.4, -0.2) is 56.1 Å². The van der Waals surface area contributed by atoms with Gasteiger partial charge in [0.25, 0.3) is 0 Å². The van der Waals surface area contributed by atoms with Crippen LogP contribution in [0.2, 0.25) is 0 Å². The molecule has 0 bridgehead atoms. The van der Waals surface area contributed by atoms with Gasteiger partial charge >= 0.3 is 6.09 Å². The van der Waals surface area contributed by atoms with Crippen molar-refractivity contribution in [3.8, 4) is 22.9 Å². The van der Waals surface area contributed by atoms with Gasteiger partial charge in [-0.15, -0.1) is 0 Å². The Morgan fingerprint density at radius 1 is 1.05 bits per heavy atom. The number of amides is 2. The smallest absolute Gasteiger partial charge is 0.407 e. The Morgan fingerprint density at radius 3 is 2.71 bits per heavy atom. The summed E-state index contributed by atoms with van der Waals surface area (Å²) in [6.07, 6.45) is 4.96. The van der Waals surface area contributed by atoms with Crippen molar-refractivity contribution >= 4 is 34.4 Å². The van der Waals surface area contributed by atoms with E-state index in [0.717, 1.165) is 41.3 Å². The number of fused-ring (bicyclic) bond motifs is 1. The lowest BCUT2D eigenvalue weighted by Crippen LogP contribution is -2.44. The van der Waals surface area contributed by atoms with Crippen molar-refractivity contribution in [1.82, 2.24) is 19.9 Å². The van der Waals surface area contributed by atoms with Gasteiger partial charge in [0.2, 0.25) is 17.7 Å². The van der Waals surface area contributed by atoms with Crippen molar-refractivity contribution in [2.24, 2.45) is 11.8 Å². The van der Waals surface area contributed by atoms with Crippen LogP contribution in [0, 0.1) is 18.8 Å². The van der Waals surface area contributed by atoms with E-state index in [9.17, 15) is 14.7 Å². The highest BCUT2D eigenvalue weighted by Gasteiger charge is 2.39. The maximum atomic E-state index is 12.7. The van der Waals surface area contributed by atoms with Gasteiger partial charge in [-0.2, -0.15) is 0 Å². The van der Waals surface area contributed by atoms with Crippen LogP contribution in [0.25, 0.3) is 22.0 Å². The van der Waals surface area contributed by atoms with Gasteiger partial charge in [0.05, 0.1) is 11.3 Å². The second-order valence-electron chi connectivity index (χ2n) is 10.9. The fraction of sp³-hybridized carbons (Fsp3) is 0.323. The predicted octanol–water partition coefficient (Wildman–Crippen LogP) is 5.94. The minimum atomic E-state index is -0.918. The van der Waals surface area contributed by atoms with Gasteiger partial charge in [-0.1, -0.05) is 31.2 Å². The first-order chi connectivity index (χ1) is 19.9. The summed E-state index contributed by atoms with van der Waals surface area (Å²) >= 11 is 0. The molecule has 6 rings (SSSR count). The summed E-state index contributed by atoms with van der Waals surface area (Å²) in [5.74, 6) is 2.01. The molecule has 1 aliphatic heterocycles. The van der Waals surface area contributed by atoms with Gasteiger partial charge in [-0.25, -0.2) is 19.7 Å². The van der Waals surface area contributed by atoms with Crippen molar-refractivity contribution < 1.29 is 19.4 Å². The fourth-order valence-electron chi connectivity index (χ4n) is 5.39. The third-order valence-electron chi connectivity index (χ3n) is 7.84. The number of pyridine rings is 1. The number of benzene rings is 2. The average Bonchev–Trinajstić information content (AvgIpc) is 3.72. The van der Waals surface area contributed by atoms with Crippen molar-refractivity contribution in [2.45, 2.75) is 39.2 Å². The minimum Gasteiger partial charge on any atom is -0.465 e. The molecule has 2 aromatic carbocycles. The van der Waals surface area contributed by atoms with E-state index < -0.39 is 6.09 Å². The van der Waals surface area contributed by atoms with Crippen LogP contribution >= 0.6 is 0 Å². The van der Waals surface area contributed by atoms with Crippen molar-refractivity contribution in [3.63, 3.8) is 0 Å². The molecule has 3 atom stereocenters. The summed E-state index contributed by atoms with van der Waals surface area (Å²) in [6.45, 7) is 4.98. The van der Waals surface area contributed by atoms with E-state index in [2.05, 4.69) is 27.5 Å². The zero-order valence-electron chi connectivity index (χ0n) is 23.0. The van der Waals surface area contributed by atoms with Crippen molar-refractivity contribution in [3.05, 3.63) is 66.5 Å². The third-order valence-corrected chi connectivity index (χ3v) is 7.84. The third kappa shape index (κ3) is 5.63. The number of aromatic nitrogens is 3. The Balaban J connectivity index is 1.28. The number of piperidine rings is 1. The largest absolute Gasteiger partial charge is 0.465 e. The zero-order valence-corrected chi connectivity index (χ0v) is 23.0. The van der Waals surface area contributed by atoms with Crippen LogP contribution in [0.1, 0.15) is 31.7 Å². The first-order valence-electron chi connectivity index (χ1n) is 13.9. The van der Waals surface area contributed by atoms with Gasteiger partial charge in [0.1, 0.15) is 5.75 Å². The second kappa shape index (κ2) is 11.0. The summed E-state index contributed by atoms with van der Waals surface area (Å²) in [6, 6.07) is 15.2. The van der Waals surface area contributed by atoms with Gasteiger partial charge < -0.3 is 25.4 Å². The van der Waals surface area contributed by atoms with E-state index in [-0.39, 0.29) is 17.9 Å². The highest BCUT2D eigenvalue weighted by molar-refractivity contribution is 6.05. The van der Waals surface area contributed by atoms with E-state index in [1.807, 2.05) is 49.4 Å². The first-order valence-corrected chi connectivity index (χ1v) is 13.9. The van der Waals surface area contributed by atoms with E-state index in [0.29, 0.717) is 47.8 Å². The topological polar surface area (TPSA) is 130 Å².